The van der Waals surface area contributed by atoms with Gasteiger partial charge < -0.3 is 14.6 Å². The molecule has 1 aromatic heterocycles. The highest BCUT2D eigenvalue weighted by Gasteiger charge is 2.28. The SMILES string of the molecule is Cn1cccc1C(=O)N1CCN(CC(O)C(C)(C)C)CC1. The van der Waals surface area contributed by atoms with Crippen LogP contribution >= 0.6 is 0 Å². The number of carbonyl (C=O) groups is 1. The van der Waals surface area contributed by atoms with Gasteiger partial charge in [-0.15, -0.1) is 0 Å². The van der Waals surface area contributed by atoms with Crippen molar-refractivity contribution in [3.8, 4) is 0 Å². The lowest BCUT2D eigenvalue weighted by Crippen LogP contribution is -2.51. The van der Waals surface area contributed by atoms with Gasteiger partial charge in [0.05, 0.1) is 6.10 Å². The molecule has 1 saturated heterocycles. The summed E-state index contributed by atoms with van der Waals surface area (Å²) in [6.07, 6.45) is 1.55. The van der Waals surface area contributed by atoms with Gasteiger partial charge in [-0.25, -0.2) is 0 Å². The molecule has 0 aliphatic carbocycles. The van der Waals surface area contributed by atoms with Crippen molar-refractivity contribution in [2.75, 3.05) is 32.7 Å². The molecule has 1 aliphatic rings. The second kappa shape index (κ2) is 6.20. The van der Waals surface area contributed by atoms with Crippen LogP contribution in [0.5, 0.6) is 0 Å². The average molecular weight is 293 g/mol. The van der Waals surface area contributed by atoms with Gasteiger partial charge in [-0.2, -0.15) is 0 Å². The monoisotopic (exact) mass is 293 g/mol. The Labute approximate surface area is 127 Å². The smallest absolute Gasteiger partial charge is 0.270 e. The van der Waals surface area contributed by atoms with E-state index in [9.17, 15) is 9.90 Å². The van der Waals surface area contributed by atoms with Gasteiger partial charge in [-0.1, -0.05) is 20.8 Å². The summed E-state index contributed by atoms with van der Waals surface area (Å²) in [5.41, 5.74) is 0.633. The van der Waals surface area contributed by atoms with E-state index in [2.05, 4.69) is 4.90 Å². The second-order valence-electron chi connectivity index (χ2n) is 6.98. The molecule has 21 heavy (non-hydrogen) atoms. The zero-order valence-electron chi connectivity index (χ0n) is 13.5. The minimum atomic E-state index is -0.340. The van der Waals surface area contributed by atoms with E-state index in [0.29, 0.717) is 6.54 Å². The number of carbonyl (C=O) groups excluding carboxylic acids is 1. The number of nitrogens with zero attached hydrogens (tertiary/aromatic N) is 3. The first kappa shape index (κ1) is 16.0. The summed E-state index contributed by atoms with van der Waals surface area (Å²) < 4.78 is 1.86. The molecule has 118 valence electrons. The minimum Gasteiger partial charge on any atom is -0.391 e. The third kappa shape index (κ3) is 3.86. The molecule has 1 atom stereocenters. The Bertz CT molecular complexity index is 482. The third-order valence-corrected chi connectivity index (χ3v) is 4.25. The first-order valence-corrected chi connectivity index (χ1v) is 7.60. The molecule has 0 aromatic carbocycles. The molecule has 0 saturated carbocycles. The summed E-state index contributed by atoms with van der Waals surface area (Å²) in [5.74, 6) is 0.0959. The van der Waals surface area contributed by atoms with Crippen molar-refractivity contribution >= 4 is 5.91 Å². The number of aryl methyl sites for hydroxylation is 1. The lowest BCUT2D eigenvalue weighted by atomic mass is 9.89. The van der Waals surface area contributed by atoms with Gasteiger partial charge in [-0.05, 0) is 17.5 Å². The van der Waals surface area contributed by atoms with E-state index >= 15 is 0 Å². The van der Waals surface area contributed by atoms with Crippen LogP contribution < -0.4 is 0 Å². The number of aliphatic hydroxyl groups is 1. The van der Waals surface area contributed by atoms with Crippen LogP contribution in [0, 0.1) is 5.41 Å². The summed E-state index contributed by atoms with van der Waals surface area (Å²) in [5, 5.41) is 10.2. The zero-order valence-corrected chi connectivity index (χ0v) is 13.5. The molecule has 5 nitrogen and oxygen atoms in total. The maximum Gasteiger partial charge on any atom is 0.270 e. The standard InChI is InChI=1S/C16H27N3O2/c1-16(2,3)14(20)12-18-8-10-19(11-9-18)15(21)13-6-5-7-17(13)4/h5-7,14,20H,8-12H2,1-4H3. The van der Waals surface area contributed by atoms with E-state index in [1.54, 1.807) is 0 Å². The fraction of sp³-hybridized carbons (Fsp3) is 0.688. The van der Waals surface area contributed by atoms with Crippen LogP contribution in [-0.2, 0) is 7.05 Å². The Morgan fingerprint density at radius 3 is 2.38 bits per heavy atom. The van der Waals surface area contributed by atoms with Gasteiger partial charge >= 0.3 is 0 Å². The summed E-state index contributed by atoms with van der Waals surface area (Å²) in [6, 6.07) is 3.75. The fourth-order valence-corrected chi connectivity index (χ4v) is 2.50. The lowest BCUT2D eigenvalue weighted by Gasteiger charge is -2.38. The number of β-amino-alcohol motifs (C(OH)–C–C–N with tert-alkyl or cyclic N) is 1. The largest absolute Gasteiger partial charge is 0.391 e. The fourth-order valence-electron chi connectivity index (χ4n) is 2.50. The molecule has 1 aliphatic heterocycles. The van der Waals surface area contributed by atoms with Crippen LogP contribution in [0.1, 0.15) is 31.3 Å². The first-order chi connectivity index (χ1) is 9.79. The van der Waals surface area contributed by atoms with E-state index < -0.39 is 0 Å². The Hall–Kier alpha value is -1.33. The van der Waals surface area contributed by atoms with Crippen LogP contribution in [0.3, 0.4) is 0 Å². The van der Waals surface area contributed by atoms with Crippen molar-refractivity contribution in [2.45, 2.75) is 26.9 Å². The Balaban J connectivity index is 1.86. The van der Waals surface area contributed by atoms with Gasteiger partial charge in [0.2, 0.25) is 0 Å². The first-order valence-electron chi connectivity index (χ1n) is 7.60. The molecule has 2 heterocycles. The van der Waals surface area contributed by atoms with Crippen molar-refractivity contribution in [3.05, 3.63) is 24.0 Å². The normalized spacial score (nSPS) is 18.8. The van der Waals surface area contributed by atoms with Crippen LogP contribution in [0.4, 0.5) is 0 Å². The second-order valence-corrected chi connectivity index (χ2v) is 6.98. The maximum atomic E-state index is 12.4. The summed E-state index contributed by atoms with van der Waals surface area (Å²) in [7, 11) is 1.89. The summed E-state index contributed by atoms with van der Waals surface area (Å²) in [6.45, 7) is 9.91. The predicted molar refractivity (Wildman–Crippen MR) is 83.2 cm³/mol. The molecule has 1 amide bonds. The number of rotatable bonds is 3. The van der Waals surface area contributed by atoms with Gasteiger partial charge in [-0.3, -0.25) is 9.69 Å². The van der Waals surface area contributed by atoms with Crippen molar-refractivity contribution in [1.82, 2.24) is 14.4 Å². The predicted octanol–water partition coefficient (Wildman–Crippen LogP) is 1.19. The van der Waals surface area contributed by atoms with Crippen LogP contribution in [-0.4, -0.2) is 64.2 Å². The van der Waals surface area contributed by atoms with Crippen molar-refractivity contribution < 1.29 is 9.90 Å². The highest BCUT2D eigenvalue weighted by atomic mass is 16.3. The van der Waals surface area contributed by atoms with Crippen molar-refractivity contribution in [2.24, 2.45) is 12.5 Å². The minimum absolute atomic E-state index is 0.0959. The quantitative estimate of drug-likeness (QED) is 0.911. The highest BCUT2D eigenvalue weighted by Crippen LogP contribution is 2.20. The number of aliphatic hydroxyl groups excluding tert-OH is 1. The zero-order chi connectivity index (χ0) is 15.6. The molecule has 0 bridgehead atoms. The molecule has 2 rings (SSSR count). The Morgan fingerprint density at radius 2 is 1.90 bits per heavy atom. The van der Waals surface area contributed by atoms with E-state index in [1.165, 1.54) is 0 Å². The van der Waals surface area contributed by atoms with E-state index in [1.807, 2.05) is 55.6 Å². The summed E-state index contributed by atoms with van der Waals surface area (Å²) in [4.78, 5) is 16.5. The molecular weight excluding hydrogens is 266 g/mol. The Kier molecular flexibility index (Phi) is 4.74. The van der Waals surface area contributed by atoms with Gasteiger partial charge in [0.25, 0.3) is 5.91 Å². The number of piperazine rings is 1. The van der Waals surface area contributed by atoms with Crippen LogP contribution in [0.25, 0.3) is 0 Å². The van der Waals surface area contributed by atoms with E-state index in [-0.39, 0.29) is 17.4 Å². The van der Waals surface area contributed by atoms with Gasteiger partial charge in [0.15, 0.2) is 0 Å². The lowest BCUT2D eigenvalue weighted by molar-refractivity contribution is 0.0135. The Morgan fingerprint density at radius 1 is 1.29 bits per heavy atom. The summed E-state index contributed by atoms with van der Waals surface area (Å²) >= 11 is 0. The average Bonchev–Trinajstić information content (AvgIpc) is 2.84. The number of hydrogen-bond donors (Lipinski definition) is 1. The number of aromatic nitrogens is 1. The van der Waals surface area contributed by atoms with Gasteiger partial charge in [0.1, 0.15) is 5.69 Å². The molecule has 1 fully saturated rings. The molecule has 1 aromatic rings. The molecular formula is C16H27N3O2. The molecule has 5 heteroatoms. The molecule has 1 N–H and O–H groups in total. The van der Waals surface area contributed by atoms with E-state index in [0.717, 1.165) is 31.9 Å². The third-order valence-electron chi connectivity index (χ3n) is 4.25. The highest BCUT2D eigenvalue weighted by molar-refractivity contribution is 5.92. The van der Waals surface area contributed by atoms with Crippen LogP contribution in [0.15, 0.2) is 18.3 Å². The maximum absolute atomic E-state index is 12.4. The van der Waals surface area contributed by atoms with Crippen molar-refractivity contribution in [1.29, 1.82) is 0 Å². The molecule has 0 spiro atoms. The molecule has 0 radical (unpaired) electrons. The topological polar surface area (TPSA) is 48.7 Å². The number of hydrogen-bond acceptors (Lipinski definition) is 3. The molecule has 1 unspecified atom stereocenters. The van der Waals surface area contributed by atoms with E-state index in [4.69, 9.17) is 0 Å². The number of amides is 1. The van der Waals surface area contributed by atoms with Gasteiger partial charge in [0, 0.05) is 46.0 Å². The van der Waals surface area contributed by atoms with Crippen LogP contribution in [0.2, 0.25) is 0 Å². The van der Waals surface area contributed by atoms with Crippen molar-refractivity contribution in [3.63, 3.8) is 0 Å².